The van der Waals surface area contributed by atoms with Crippen LogP contribution in [0.2, 0.25) is 0 Å². The largest absolute Gasteiger partial charge is 0.314 e. The van der Waals surface area contributed by atoms with E-state index in [-0.39, 0.29) is 0 Å². The van der Waals surface area contributed by atoms with Crippen molar-refractivity contribution in [3.63, 3.8) is 0 Å². The van der Waals surface area contributed by atoms with Crippen LogP contribution in [0.4, 0.5) is 0 Å². The fraction of sp³-hybridized carbons (Fsp3) is 0.714. The fourth-order valence-corrected chi connectivity index (χ4v) is 3.36. The highest BCUT2D eigenvalue weighted by molar-refractivity contribution is 7.07. The van der Waals surface area contributed by atoms with Crippen molar-refractivity contribution in [2.45, 2.75) is 32.2 Å². The Morgan fingerprint density at radius 3 is 3.18 bits per heavy atom. The normalized spacial score (nSPS) is 23.8. The number of nitrogens with zero attached hydrogens (tertiary/aromatic N) is 1. The van der Waals surface area contributed by atoms with Crippen molar-refractivity contribution >= 4 is 11.3 Å². The molecule has 0 aromatic carbocycles. The van der Waals surface area contributed by atoms with Gasteiger partial charge in [0.25, 0.3) is 0 Å². The zero-order chi connectivity index (χ0) is 12.1. The van der Waals surface area contributed by atoms with Gasteiger partial charge in [0.2, 0.25) is 0 Å². The molecule has 3 heteroatoms. The molecule has 1 aromatic rings. The highest BCUT2D eigenvalue weighted by atomic mass is 32.1. The predicted octanol–water partition coefficient (Wildman–Crippen LogP) is 2.61. The van der Waals surface area contributed by atoms with Crippen molar-refractivity contribution in [1.82, 2.24) is 10.2 Å². The second-order valence-electron chi connectivity index (χ2n) is 5.29. The van der Waals surface area contributed by atoms with Crippen LogP contribution in [0.5, 0.6) is 0 Å². The van der Waals surface area contributed by atoms with E-state index in [0.717, 1.165) is 18.9 Å². The molecule has 0 bridgehead atoms. The number of hydrogen-bond donors (Lipinski definition) is 1. The van der Waals surface area contributed by atoms with E-state index in [1.165, 1.54) is 31.5 Å². The Hall–Kier alpha value is -0.380. The quantitative estimate of drug-likeness (QED) is 0.866. The summed E-state index contributed by atoms with van der Waals surface area (Å²) in [4.78, 5) is 2.46. The van der Waals surface area contributed by atoms with E-state index >= 15 is 0 Å². The van der Waals surface area contributed by atoms with E-state index in [1.807, 2.05) is 0 Å². The summed E-state index contributed by atoms with van der Waals surface area (Å²) in [6, 6.07) is 2.88. The lowest BCUT2D eigenvalue weighted by Gasteiger charge is -2.34. The molecule has 1 aliphatic heterocycles. The van der Waals surface area contributed by atoms with Crippen LogP contribution in [0.1, 0.15) is 25.3 Å². The monoisotopic (exact) mass is 252 g/mol. The number of likely N-dealkylation sites (tertiary alicyclic amines) is 1. The maximum absolute atomic E-state index is 3.69. The molecule has 96 valence electrons. The van der Waals surface area contributed by atoms with Crippen molar-refractivity contribution in [1.29, 1.82) is 0 Å². The molecule has 0 amide bonds. The first kappa shape index (κ1) is 13.1. The molecule has 2 nitrogen and oxygen atoms in total. The van der Waals surface area contributed by atoms with Gasteiger partial charge in [0.15, 0.2) is 0 Å². The van der Waals surface area contributed by atoms with Crippen LogP contribution in [-0.4, -0.2) is 37.6 Å². The average Bonchev–Trinajstić information content (AvgIpc) is 2.82. The Bertz CT molecular complexity index is 310. The third-order valence-corrected chi connectivity index (χ3v) is 4.56. The van der Waals surface area contributed by atoms with Crippen molar-refractivity contribution in [2.75, 3.05) is 26.7 Å². The number of thiophene rings is 1. The van der Waals surface area contributed by atoms with Crippen molar-refractivity contribution < 1.29 is 0 Å². The van der Waals surface area contributed by atoms with Gasteiger partial charge in [-0.15, -0.1) is 0 Å². The molecular formula is C14H24N2S. The molecule has 1 N–H and O–H groups in total. The second-order valence-corrected chi connectivity index (χ2v) is 6.07. The summed E-state index contributed by atoms with van der Waals surface area (Å²) in [5.41, 5.74) is 1.47. The molecule has 2 unspecified atom stereocenters. The van der Waals surface area contributed by atoms with Gasteiger partial charge in [-0.2, -0.15) is 11.3 Å². The van der Waals surface area contributed by atoms with Crippen LogP contribution in [0, 0.1) is 5.92 Å². The first-order chi connectivity index (χ1) is 8.25. The molecule has 0 spiro atoms. The third-order valence-electron chi connectivity index (χ3n) is 3.83. The van der Waals surface area contributed by atoms with Crippen LogP contribution < -0.4 is 5.32 Å². The zero-order valence-electron chi connectivity index (χ0n) is 11.0. The molecule has 0 aliphatic carbocycles. The Balaban J connectivity index is 1.68. The molecule has 17 heavy (non-hydrogen) atoms. The third kappa shape index (κ3) is 4.09. The van der Waals surface area contributed by atoms with E-state index in [2.05, 4.69) is 41.0 Å². The maximum Gasteiger partial charge on any atom is 0.00793 e. The van der Waals surface area contributed by atoms with Crippen LogP contribution in [0.15, 0.2) is 16.8 Å². The van der Waals surface area contributed by atoms with Crippen molar-refractivity contribution in [2.24, 2.45) is 5.92 Å². The Morgan fingerprint density at radius 1 is 1.59 bits per heavy atom. The first-order valence-electron chi connectivity index (χ1n) is 6.68. The minimum atomic E-state index is 0.649. The summed E-state index contributed by atoms with van der Waals surface area (Å²) in [5.74, 6) is 0.830. The van der Waals surface area contributed by atoms with Gasteiger partial charge in [-0.25, -0.2) is 0 Å². The van der Waals surface area contributed by atoms with Gasteiger partial charge < -0.3 is 10.2 Å². The van der Waals surface area contributed by atoms with Gasteiger partial charge in [-0.05, 0) is 74.6 Å². The molecule has 1 aliphatic rings. The van der Waals surface area contributed by atoms with Crippen molar-refractivity contribution in [3.8, 4) is 0 Å². The summed E-state index contributed by atoms with van der Waals surface area (Å²) in [6.07, 6.45) is 3.91. The molecule has 2 atom stereocenters. The summed E-state index contributed by atoms with van der Waals surface area (Å²) < 4.78 is 0. The lowest BCUT2D eigenvalue weighted by molar-refractivity contribution is 0.179. The first-order valence-corrected chi connectivity index (χ1v) is 7.63. The number of rotatable bonds is 5. The highest BCUT2D eigenvalue weighted by Crippen LogP contribution is 2.18. The van der Waals surface area contributed by atoms with E-state index in [4.69, 9.17) is 0 Å². The highest BCUT2D eigenvalue weighted by Gasteiger charge is 2.21. The Morgan fingerprint density at radius 2 is 2.47 bits per heavy atom. The molecule has 1 aromatic heterocycles. The lowest BCUT2D eigenvalue weighted by Crippen LogP contribution is -2.43. The minimum Gasteiger partial charge on any atom is -0.314 e. The summed E-state index contributed by atoms with van der Waals surface area (Å²) in [6.45, 7) is 5.99. The molecule has 2 heterocycles. The maximum atomic E-state index is 3.69. The van der Waals surface area contributed by atoms with Gasteiger partial charge >= 0.3 is 0 Å². The Labute approximate surface area is 109 Å². The summed E-state index contributed by atoms with van der Waals surface area (Å²) in [7, 11) is 2.24. The SMILES string of the molecule is CC(NCCc1ccsc1)C1CCCN(C)C1. The molecule has 0 saturated carbocycles. The smallest absolute Gasteiger partial charge is 0.00793 e. The zero-order valence-corrected chi connectivity index (χ0v) is 11.8. The average molecular weight is 252 g/mol. The van der Waals surface area contributed by atoms with Crippen LogP contribution in [0.25, 0.3) is 0 Å². The van der Waals surface area contributed by atoms with E-state index in [9.17, 15) is 0 Å². The minimum absolute atomic E-state index is 0.649. The van der Waals surface area contributed by atoms with Crippen LogP contribution >= 0.6 is 11.3 Å². The molecule has 1 saturated heterocycles. The van der Waals surface area contributed by atoms with Gasteiger partial charge in [0.1, 0.15) is 0 Å². The summed E-state index contributed by atoms with van der Waals surface area (Å²) >= 11 is 1.79. The topological polar surface area (TPSA) is 15.3 Å². The van der Waals surface area contributed by atoms with Crippen LogP contribution in [0.3, 0.4) is 0 Å². The van der Waals surface area contributed by atoms with Crippen LogP contribution in [-0.2, 0) is 6.42 Å². The van der Waals surface area contributed by atoms with Gasteiger partial charge in [0, 0.05) is 12.6 Å². The van der Waals surface area contributed by atoms with Gasteiger partial charge in [-0.3, -0.25) is 0 Å². The standard InChI is InChI=1S/C14H24N2S/c1-12(14-4-3-8-16(2)10-14)15-7-5-13-6-9-17-11-13/h6,9,11-12,14-15H,3-5,7-8,10H2,1-2H3. The number of nitrogens with one attached hydrogen (secondary N) is 1. The molecule has 0 radical (unpaired) electrons. The van der Waals surface area contributed by atoms with E-state index in [1.54, 1.807) is 11.3 Å². The summed E-state index contributed by atoms with van der Waals surface area (Å²) in [5, 5.41) is 8.10. The second kappa shape index (κ2) is 6.53. The van der Waals surface area contributed by atoms with Crippen molar-refractivity contribution in [3.05, 3.63) is 22.4 Å². The molecular weight excluding hydrogens is 228 g/mol. The molecule has 1 fully saturated rings. The van der Waals surface area contributed by atoms with E-state index < -0.39 is 0 Å². The van der Waals surface area contributed by atoms with Gasteiger partial charge in [-0.1, -0.05) is 0 Å². The lowest BCUT2D eigenvalue weighted by atomic mass is 9.92. The van der Waals surface area contributed by atoms with Gasteiger partial charge in [0.05, 0.1) is 0 Å². The fourth-order valence-electron chi connectivity index (χ4n) is 2.66. The Kier molecular flexibility index (Phi) is 5.01. The molecule has 2 rings (SSSR count). The number of hydrogen-bond acceptors (Lipinski definition) is 3. The number of piperidine rings is 1. The van der Waals surface area contributed by atoms with E-state index in [0.29, 0.717) is 6.04 Å². The predicted molar refractivity (Wildman–Crippen MR) is 75.7 cm³/mol.